The molecule has 1 N–H and O–H groups in total. The van der Waals surface area contributed by atoms with Gasteiger partial charge in [-0.1, -0.05) is 0 Å². The first-order chi connectivity index (χ1) is 7.40. The number of nitrogens with zero attached hydrogens (tertiary/aromatic N) is 2. The van der Waals surface area contributed by atoms with Gasteiger partial charge in [-0.3, -0.25) is 4.79 Å². The second kappa shape index (κ2) is 4.72. The maximum atomic E-state index is 11.8. The second-order valence-electron chi connectivity index (χ2n) is 4.65. The molecule has 0 aromatic carbocycles. The van der Waals surface area contributed by atoms with Gasteiger partial charge in [-0.15, -0.1) is 0 Å². The molecule has 0 aromatic rings. The van der Waals surface area contributed by atoms with Crippen molar-refractivity contribution in [2.24, 2.45) is 5.41 Å². The van der Waals surface area contributed by atoms with Crippen molar-refractivity contribution in [1.29, 1.82) is 0 Å². The molecule has 1 aliphatic rings. The molecule has 0 aliphatic carbocycles. The fourth-order valence-corrected chi connectivity index (χ4v) is 1.78. The molecule has 1 saturated heterocycles. The van der Waals surface area contributed by atoms with E-state index in [4.69, 9.17) is 5.11 Å². The summed E-state index contributed by atoms with van der Waals surface area (Å²) in [7, 11) is 1.76. The van der Waals surface area contributed by atoms with E-state index in [1.807, 2.05) is 6.92 Å². The summed E-state index contributed by atoms with van der Waals surface area (Å²) in [5.41, 5.74) is -0.665. The third-order valence-corrected chi connectivity index (χ3v) is 3.45. The van der Waals surface area contributed by atoms with Crippen LogP contribution >= 0.6 is 0 Å². The smallest absolute Gasteiger partial charge is 0.319 e. The summed E-state index contributed by atoms with van der Waals surface area (Å²) in [6.45, 7) is 5.41. The Bertz CT molecular complexity index is 283. The van der Waals surface area contributed by atoms with Gasteiger partial charge in [-0.05, 0) is 26.7 Å². The van der Waals surface area contributed by atoms with Gasteiger partial charge in [-0.2, -0.15) is 0 Å². The van der Waals surface area contributed by atoms with E-state index in [9.17, 15) is 9.59 Å². The molecule has 1 fully saturated rings. The quantitative estimate of drug-likeness (QED) is 0.773. The summed E-state index contributed by atoms with van der Waals surface area (Å²) in [6.07, 6.45) is 1.07. The maximum absolute atomic E-state index is 11.8. The summed E-state index contributed by atoms with van der Waals surface area (Å²) < 4.78 is 0. The molecule has 1 aliphatic heterocycles. The topological polar surface area (TPSA) is 60.9 Å². The highest BCUT2D eigenvalue weighted by atomic mass is 16.4. The molecule has 1 rings (SSSR count). The van der Waals surface area contributed by atoms with E-state index in [0.29, 0.717) is 32.5 Å². The minimum absolute atomic E-state index is 0.00469. The van der Waals surface area contributed by atoms with Crippen LogP contribution < -0.4 is 0 Å². The third-order valence-electron chi connectivity index (χ3n) is 3.45. The Morgan fingerprint density at radius 1 is 1.38 bits per heavy atom. The number of amides is 2. The number of carboxylic acids is 1. The molecule has 5 nitrogen and oxygen atoms in total. The van der Waals surface area contributed by atoms with E-state index in [1.54, 1.807) is 23.8 Å². The summed E-state index contributed by atoms with van der Waals surface area (Å²) >= 11 is 0. The van der Waals surface area contributed by atoms with Crippen molar-refractivity contribution in [3.63, 3.8) is 0 Å². The van der Waals surface area contributed by atoms with Crippen LogP contribution in [0.15, 0.2) is 0 Å². The number of aliphatic carboxylic acids is 1. The first kappa shape index (κ1) is 12.8. The minimum Gasteiger partial charge on any atom is -0.481 e. The molecule has 0 spiro atoms. The van der Waals surface area contributed by atoms with Gasteiger partial charge >= 0.3 is 12.0 Å². The number of carbonyl (C=O) groups is 2. The maximum Gasteiger partial charge on any atom is 0.319 e. The highest BCUT2D eigenvalue weighted by Crippen LogP contribution is 2.31. The molecule has 0 radical (unpaired) electrons. The first-order valence-electron chi connectivity index (χ1n) is 5.64. The number of piperidine rings is 1. The summed E-state index contributed by atoms with van der Waals surface area (Å²) in [5, 5.41) is 9.06. The predicted octanol–water partition coefficient (Wildman–Crippen LogP) is 1.24. The third kappa shape index (κ3) is 2.46. The van der Waals surface area contributed by atoms with Crippen LogP contribution in [0.3, 0.4) is 0 Å². The van der Waals surface area contributed by atoms with Crippen molar-refractivity contribution in [1.82, 2.24) is 9.80 Å². The molecule has 16 heavy (non-hydrogen) atoms. The van der Waals surface area contributed by atoms with Crippen LogP contribution in [0, 0.1) is 5.41 Å². The number of hydrogen-bond donors (Lipinski definition) is 1. The zero-order valence-corrected chi connectivity index (χ0v) is 10.2. The summed E-state index contributed by atoms with van der Waals surface area (Å²) in [5.74, 6) is -0.761. The largest absolute Gasteiger partial charge is 0.481 e. The van der Waals surface area contributed by atoms with Crippen molar-refractivity contribution in [2.45, 2.75) is 26.7 Å². The lowest BCUT2D eigenvalue weighted by Gasteiger charge is -2.37. The van der Waals surface area contributed by atoms with Gasteiger partial charge in [0.2, 0.25) is 0 Å². The summed E-state index contributed by atoms with van der Waals surface area (Å²) in [6, 6.07) is -0.00469. The highest BCUT2D eigenvalue weighted by molar-refractivity contribution is 5.76. The number of urea groups is 1. The Hall–Kier alpha value is -1.26. The average molecular weight is 228 g/mol. The number of rotatable bonds is 2. The van der Waals surface area contributed by atoms with Crippen LogP contribution in [0.4, 0.5) is 4.79 Å². The van der Waals surface area contributed by atoms with Gasteiger partial charge in [-0.25, -0.2) is 4.79 Å². The molecule has 0 atom stereocenters. The van der Waals surface area contributed by atoms with Gasteiger partial charge < -0.3 is 14.9 Å². The van der Waals surface area contributed by atoms with Gasteiger partial charge in [0.25, 0.3) is 0 Å². The molecular weight excluding hydrogens is 208 g/mol. The molecule has 2 amide bonds. The molecule has 1 heterocycles. The standard InChI is InChI=1S/C11H20N2O3/c1-4-12(3)10(16)13-7-5-11(2,6-8-13)9(14)15/h4-8H2,1-3H3,(H,14,15). The van der Waals surface area contributed by atoms with E-state index < -0.39 is 11.4 Å². The fraction of sp³-hybridized carbons (Fsp3) is 0.818. The second-order valence-corrected chi connectivity index (χ2v) is 4.65. The van der Waals surface area contributed by atoms with Crippen LogP contribution in [0.2, 0.25) is 0 Å². The van der Waals surface area contributed by atoms with Crippen molar-refractivity contribution in [3.8, 4) is 0 Å². The number of hydrogen-bond acceptors (Lipinski definition) is 2. The number of carboxylic acid groups (broad SMARTS) is 1. The normalized spacial score (nSPS) is 19.3. The predicted molar refractivity (Wildman–Crippen MR) is 60.2 cm³/mol. The number of carbonyl (C=O) groups excluding carboxylic acids is 1. The number of likely N-dealkylation sites (tertiary alicyclic amines) is 1. The Morgan fingerprint density at radius 2 is 1.88 bits per heavy atom. The Morgan fingerprint density at radius 3 is 2.25 bits per heavy atom. The monoisotopic (exact) mass is 228 g/mol. The van der Waals surface area contributed by atoms with E-state index in [2.05, 4.69) is 0 Å². The molecule has 0 unspecified atom stereocenters. The van der Waals surface area contributed by atoms with Gasteiger partial charge in [0.15, 0.2) is 0 Å². The van der Waals surface area contributed by atoms with Gasteiger partial charge in [0.1, 0.15) is 0 Å². The highest BCUT2D eigenvalue weighted by Gasteiger charge is 2.38. The van der Waals surface area contributed by atoms with Crippen LogP contribution in [-0.2, 0) is 4.79 Å². The minimum atomic E-state index is -0.761. The zero-order chi connectivity index (χ0) is 12.3. The average Bonchev–Trinajstić information content (AvgIpc) is 2.28. The van der Waals surface area contributed by atoms with Gasteiger partial charge in [0, 0.05) is 26.7 Å². The van der Waals surface area contributed by atoms with E-state index in [1.165, 1.54) is 0 Å². The van der Waals surface area contributed by atoms with Crippen molar-refractivity contribution in [2.75, 3.05) is 26.7 Å². The van der Waals surface area contributed by atoms with Crippen LogP contribution in [-0.4, -0.2) is 53.6 Å². The van der Waals surface area contributed by atoms with E-state index in [0.717, 1.165) is 0 Å². The Balaban J connectivity index is 2.55. The molecular formula is C11H20N2O3. The Labute approximate surface area is 96.0 Å². The molecule has 92 valence electrons. The lowest BCUT2D eigenvalue weighted by molar-refractivity contribution is -0.150. The molecule has 5 heteroatoms. The van der Waals surface area contributed by atoms with Crippen LogP contribution in [0.25, 0.3) is 0 Å². The Kier molecular flexibility index (Phi) is 3.78. The fourth-order valence-electron chi connectivity index (χ4n) is 1.78. The van der Waals surface area contributed by atoms with Crippen LogP contribution in [0.1, 0.15) is 26.7 Å². The SMILES string of the molecule is CCN(C)C(=O)N1CCC(C)(C(=O)O)CC1. The first-order valence-corrected chi connectivity index (χ1v) is 5.64. The lowest BCUT2D eigenvalue weighted by atomic mass is 9.80. The molecule has 0 saturated carbocycles. The van der Waals surface area contributed by atoms with Crippen molar-refractivity contribution < 1.29 is 14.7 Å². The summed E-state index contributed by atoms with van der Waals surface area (Å²) in [4.78, 5) is 26.2. The van der Waals surface area contributed by atoms with Crippen LogP contribution in [0.5, 0.6) is 0 Å². The van der Waals surface area contributed by atoms with E-state index >= 15 is 0 Å². The zero-order valence-electron chi connectivity index (χ0n) is 10.2. The van der Waals surface area contributed by atoms with E-state index in [-0.39, 0.29) is 6.03 Å². The van der Waals surface area contributed by atoms with Gasteiger partial charge in [0.05, 0.1) is 5.41 Å². The van der Waals surface area contributed by atoms with Crippen molar-refractivity contribution in [3.05, 3.63) is 0 Å². The molecule has 0 bridgehead atoms. The van der Waals surface area contributed by atoms with Crippen molar-refractivity contribution >= 4 is 12.0 Å². The lowest BCUT2D eigenvalue weighted by Crippen LogP contribution is -2.49. The molecule has 0 aromatic heterocycles.